The third-order valence-corrected chi connectivity index (χ3v) is 4.95. The minimum Gasteiger partial charge on any atom is -0.469 e. The molecule has 0 radical (unpaired) electrons. The number of allylic oxidation sites excluding steroid dienone is 3. The van der Waals surface area contributed by atoms with Gasteiger partial charge in [-0.1, -0.05) is 44.1 Å². The molecule has 3 atom stereocenters. The Hall–Kier alpha value is -3.00. The Labute approximate surface area is 195 Å². The van der Waals surface area contributed by atoms with Crippen molar-refractivity contribution in [2.75, 3.05) is 7.11 Å². The van der Waals surface area contributed by atoms with Crippen molar-refractivity contribution in [1.29, 1.82) is 0 Å². The van der Waals surface area contributed by atoms with E-state index >= 15 is 0 Å². The third-order valence-electron chi connectivity index (χ3n) is 4.95. The quantitative estimate of drug-likeness (QED) is 0.192. The first kappa shape index (κ1) is 28.0. The molecule has 1 aliphatic carbocycles. The lowest BCUT2D eigenvalue weighted by molar-refractivity contribution is -0.149. The van der Waals surface area contributed by atoms with Crippen LogP contribution in [0.3, 0.4) is 0 Å². The fraction of sp³-hybridized carbons (Fsp3) is 0.520. The van der Waals surface area contributed by atoms with E-state index in [-0.39, 0.29) is 30.6 Å². The van der Waals surface area contributed by atoms with Gasteiger partial charge in [-0.3, -0.25) is 19.2 Å². The van der Waals surface area contributed by atoms with Gasteiger partial charge in [0, 0.05) is 32.3 Å². The van der Waals surface area contributed by atoms with E-state index in [0.29, 0.717) is 6.42 Å². The van der Waals surface area contributed by atoms with Crippen LogP contribution < -0.4 is 0 Å². The Bertz CT molecular complexity index is 820. The van der Waals surface area contributed by atoms with Crippen LogP contribution in [-0.2, 0) is 33.4 Å². The fourth-order valence-corrected chi connectivity index (χ4v) is 3.34. The van der Waals surface area contributed by atoms with Crippen LogP contribution in [0.2, 0.25) is 0 Å². The van der Waals surface area contributed by atoms with Crippen molar-refractivity contribution >= 4 is 23.7 Å². The molecule has 0 aromatic rings. The summed E-state index contributed by atoms with van der Waals surface area (Å²) in [6.07, 6.45) is 12.4. The summed E-state index contributed by atoms with van der Waals surface area (Å²) in [7, 11) is 1.27. The summed E-state index contributed by atoms with van der Waals surface area (Å²) in [4.78, 5) is 47.1. The number of rotatable bonds is 13. The van der Waals surface area contributed by atoms with E-state index in [2.05, 4.69) is 4.74 Å². The standard InChI is InChI=1S/C25H34O8/c1-5-6-9-20(28)10-8-16-25(33-19(3)27)17-15-23(29)22(25)12-7-11-21(32-18(2)26)13-14-24(30)31-4/h7-8,10-12,15,17,20-21,28H,5-6,9,13-14,16H2,1-4H3/b10-8?,11-7+,22-12-/t20-,21+,25+/m1/s1. The average Bonchev–Trinajstić information content (AvgIpc) is 3.04. The second-order valence-corrected chi connectivity index (χ2v) is 7.75. The predicted molar refractivity (Wildman–Crippen MR) is 122 cm³/mol. The lowest BCUT2D eigenvalue weighted by atomic mass is 9.91. The minimum absolute atomic E-state index is 0.0540. The van der Waals surface area contributed by atoms with Gasteiger partial charge in [-0.2, -0.15) is 0 Å². The number of esters is 3. The first-order valence-corrected chi connectivity index (χ1v) is 11.0. The smallest absolute Gasteiger partial charge is 0.305 e. The van der Waals surface area contributed by atoms with Crippen LogP contribution in [0.4, 0.5) is 0 Å². The molecule has 1 aliphatic rings. The Balaban J connectivity index is 3.08. The Morgan fingerprint density at radius 2 is 1.88 bits per heavy atom. The molecule has 0 saturated carbocycles. The molecule has 1 N–H and O–H groups in total. The molecule has 0 heterocycles. The lowest BCUT2D eigenvalue weighted by Crippen LogP contribution is -2.33. The molecule has 8 heteroatoms. The summed E-state index contributed by atoms with van der Waals surface area (Å²) < 4.78 is 15.3. The van der Waals surface area contributed by atoms with E-state index < -0.39 is 35.7 Å². The number of aliphatic hydroxyl groups is 1. The number of unbranched alkanes of at least 4 members (excludes halogenated alkanes) is 1. The molecule has 0 aliphatic heterocycles. The van der Waals surface area contributed by atoms with Crippen molar-refractivity contribution in [3.05, 3.63) is 48.1 Å². The normalized spacial score (nSPS) is 21.0. The Morgan fingerprint density at radius 1 is 1.15 bits per heavy atom. The van der Waals surface area contributed by atoms with Gasteiger partial charge in [-0.15, -0.1) is 0 Å². The van der Waals surface area contributed by atoms with Crippen molar-refractivity contribution in [2.24, 2.45) is 0 Å². The van der Waals surface area contributed by atoms with Gasteiger partial charge in [0.1, 0.15) is 6.10 Å². The van der Waals surface area contributed by atoms with Gasteiger partial charge in [0.2, 0.25) is 0 Å². The molecule has 0 saturated heterocycles. The van der Waals surface area contributed by atoms with Crippen molar-refractivity contribution in [2.45, 2.75) is 77.1 Å². The summed E-state index contributed by atoms with van der Waals surface area (Å²) in [5, 5.41) is 10.0. The van der Waals surface area contributed by atoms with Crippen LogP contribution in [0.5, 0.6) is 0 Å². The van der Waals surface area contributed by atoms with Gasteiger partial charge >= 0.3 is 17.9 Å². The predicted octanol–water partition coefficient (Wildman–Crippen LogP) is 3.29. The van der Waals surface area contributed by atoms with E-state index in [9.17, 15) is 24.3 Å². The van der Waals surface area contributed by atoms with Crippen LogP contribution in [0.25, 0.3) is 0 Å². The Kier molecular flexibility index (Phi) is 12.1. The lowest BCUT2D eigenvalue weighted by Gasteiger charge is -2.27. The second kappa shape index (κ2) is 14.2. The van der Waals surface area contributed by atoms with Crippen LogP contribution >= 0.6 is 0 Å². The zero-order chi connectivity index (χ0) is 24.9. The van der Waals surface area contributed by atoms with Crippen LogP contribution in [-0.4, -0.2) is 53.7 Å². The molecule has 0 fully saturated rings. The molecule has 0 amide bonds. The molecule has 0 bridgehead atoms. The molecule has 33 heavy (non-hydrogen) atoms. The van der Waals surface area contributed by atoms with Crippen LogP contribution in [0.15, 0.2) is 48.1 Å². The number of carbonyl (C=O) groups is 4. The van der Waals surface area contributed by atoms with E-state index in [0.717, 1.165) is 12.8 Å². The summed E-state index contributed by atoms with van der Waals surface area (Å²) in [5.74, 6) is -1.82. The number of carbonyl (C=O) groups excluding carboxylic acids is 4. The first-order valence-electron chi connectivity index (χ1n) is 11.0. The van der Waals surface area contributed by atoms with Gasteiger partial charge in [-0.05, 0) is 31.1 Å². The maximum absolute atomic E-state index is 12.5. The molecule has 182 valence electrons. The SMILES string of the molecule is CCCC[C@@H](O)C=CC[C@]1(OC(C)=O)C=CC(=O)/C1=C/C=C/[C@@H](CCC(=O)OC)OC(C)=O. The highest BCUT2D eigenvalue weighted by molar-refractivity contribution is 6.09. The van der Waals surface area contributed by atoms with E-state index in [1.807, 2.05) is 6.92 Å². The van der Waals surface area contributed by atoms with Gasteiger partial charge in [-0.25, -0.2) is 0 Å². The summed E-state index contributed by atoms with van der Waals surface area (Å²) in [5.41, 5.74) is -1.06. The number of hydrogen-bond donors (Lipinski definition) is 1. The number of hydrogen-bond acceptors (Lipinski definition) is 8. The largest absolute Gasteiger partial charge is 0.469 e. The van der Waals surface area contributed by atoms with Crippen LogP contribution in [0.1, 0.15) is 59.3 Å². The number of aliphatic hydroxyl groups excluding tert-OH is 1. The topological polar surface area (TPSA) is 116 Å². The number of ether oxygens (including phenoxy) is 3. The average molecular weight is 463 g/mol. The molecular weight excluding hydrogens is 428 g/mol. The van der Waals surface area contributed by atoms with E-state index in [4.69, 9.17) is 9.47 Å². The highest BCUT2D eigenvalue weighted by Gasteiger charge is 2.41. The molecule has 1 rings (SSSR count). The maximum Gasteiger partial charge on any atom is 0.305 e. The van der Waals surface area contributed by atoms with Gasteiger partial charge in [0.15, 0.2) is 11.4 Å². The number of methoxy groups -OCH3 is 1. The van der Waals surface area contributed by atoms with Gasteiger partial charge in [0.05, 0.1) is 13.2 Å². The minimum atomic E-state index is -1.29. The molecule has 0 unspecified atom stereocenters. The molecule has 0 spiro atoms. The molecule has 8 nitrogen and oxygen atoms in total. The van der Waals surface area contributed by atoms with E-state index in [1.54, 1.807) is 18.2 Å². The monoisotopic (exact) mass is 462 g/mol. The fourth-order valence-electron chi connectivity index (χ4n) is 3.34. The van der Waals surface area contributed by atoms with Crippen LogP contribution in [0, 0.1) is 0 Å². The third kappa shape index (κ3) is 9.99. The maximum atomic E-state index is 12.5. The summed E-state index contributed by atoms with van der Waals surface area (Å²) >= 11 is 0. The Morgan fingerprint density at radius 3 is 2.48 bits per heavy atom. The van der Waals surface area contributed by atoms with Gasteiger partial charge < -0.3 is 19.3 Å². The molecule has 0 aromatic heterocycles. The highest BCUT2D eigenvalue weighted by atomic mass is 16.6. The first-order chi connectivity index (χ1) is 15.6. The summed E-state index contributed by atoms with van der Waals surface area (Å²) in [6.45, 7) is 4.55. The van der Waals surface area contributed by atoms with Crippen molar-refractivity contribution in [1.82, 2.24) is 0 Å². The highest BCUT2D eigenvalue weighted by Crippen LogP contribution is 2.34. The molecule has 0 aromatic carbocycles. The van der Waals surface area contributed by atoms with Crippen molar-refractivity contribution < 1.29 is 38.5 Å². The zero-order valence-electron chi connectivity index (χ0n) is 19.7. The zero-order valence-corrected chi connectivity index (χ0v) is 19.7. The molecular formula is C25H34O8. The van der Waals surface area contributed by atoms with Crippen molar-refractivity contribution in [3.8, 4) is 0 Å². The second-order valence-electron chi connectivity index (χ2n) is 7.75. The van der Waals surface area contributed by atoms with Gasteiger partial charge in [0.25, 0.3) is 0 Å². The van der Waals surface area contributed by atoms with Crippen molar-refractivity contribution in [3.63, 3.8) is 0 Å². The van der Waals surface area contributed by atoms with E-state index in [1.165, 1.54) is 45.3 Å². The summed E-state index contributed by atoms with van der Waals surface area (Å²) in [6, 6.07) is 0. The number of ketones is 1.